The summed E-state index contributed by atoms with van der Waals surface area (Å²) >= 11 is 11.4. The predicted octanol–water partition coefficient (Wildman–Crippen LogP) is 5.61. The Morgan fingerprint density at radius 3 is 2.90 bits per heavy atom. The van der Waals surface area contributed by atoms with Crippen LogP contribution in [0.3, 0.4) is 0 Å². The second-order valence-corrected chi connectivity index (χ2v) is 6.64. The Bertz CT molecular complexity index is 736. The molecule has 0 aliphatic rings. The molecule has 0 radical (unpaired) electrons. The first-order valence-corrected chi connectivity index (χ1v) is 8.40. The van der Waals surface area contributed by atoms with Gasteiger partial charge in [-0.05, 0) is 46.1 Å². The quantitative estimate of drug-likeness (QED) is 0.646. The molecule has 0 aliphatic carbocycles. The number of halogens is 2. The number of hydrogen-bond donors (Lipinski definition) is 1. The van der Waals surface area contributed by atoms with Crippen molar-refractivity contribution in [3.05, 3.63) is 55.8 Å². The van der Waals surface area contributed by atoms with Crippen molar-refractivity contribution in [1.29, 1.82) is 0 Å². The van der Waals surface area contributed by atoms with Crippen molar-refractivity contribution in [2.45, 2.75) is 13.0 Å². The molecule has 5 heteroatoms. The van der Waals surface area contributed by atoms with E-state index in [-0.39, 0.29) is 6.04 Å². The summed E-state index contributed by atoms with van der Waals surface area (Å²) in [7, 11) is 0. The molecule has 2 nitrogen and oxygen atoms in total. The maximum atomic E-state index is 6.27. The summed E-state index contributed by atoms with van der Waals surface area (Å²) in [5.74, 6) is 0.887. The van der Waals surface area contributed by atoms with Crippen molar-refractivity contribution in [2.75, 3.05) is 6.54 Å². The van der Waals surface area contributed by atoms with E-state index in [1.54, 1.807) is 11.3 Å². The number of fused-ring (bicyclic) bond motifs is 1. The molecule has 2 heterocycles. The zero-order valence-electron chi connectivity index (χ0n) is 10.8. The second kappa shape index (κ2) is 5.90. The first-order valence-electron chi connectivity index (χ1n) is 6.35. The van der Waals surface area contributed by atoms with Gasteiger partial charge >= 0.3 is 0 Å². The zero-order valence-corrected chi connectivity index (χ0v) is 14.0. The Morgan fingerprint density at radius 1 is 1.40 bits per heavy atom. The highest BCUT2D eigenvalue weighted by atomic mass is 79.9. The topological polar surface area (TPSA) is 25.2 Å². The SMILES string of the molecule is CCNC(c1cc2cccc(Br)c2o1)c1sccc1Cl. The predicted molar refractivity (Wildman–Crippen MR) is 88.8 cm³/mol. The molecule has 0 spiro atoms. The van der Waals surface area contributed by atoms with Gasteiger partial charge in [-0.2, -0.15) is 0 Å². The van der Waals surface area contributed by atoms with Crippen molar-refractivity contribution in [3.8, 4) is 0 Å². The Labute approximate surface area is 134 Å². The van der Waals surface area contributed by atoms with E-state index in [1.807, 2.05) is 29.6 Å². The minimum atomic E-state index is -0.00759. The molecule has 20 heavy (non-hydrogen) atoms. The Kier molecular flexibility index (Phi) is 4.17. The van der Waals surface area contributed by atoms with Crippen molar-refractivity contribution < 1.29 is 4.42 Å². The van der Waals surface area contributed by atoms with E-state index < -0.39 is 0 Å². The fourth-order valence-electron chi connectivity index (χ4n) is 2.23. The third-order valence-electron chi connectivity index (χ3n) is 3.11. The molecule has 104 valence electrons. The van der Waals surface area contributed by atoms with Crippen LogP contribution in [-0.2, 0) is 0 Å². The number of hydrogen-bond acceptors (Lipinski definition) is 3. The molecule has 0 bridgehead atoms. The van der Waals surface area contributed by atoms with Gasteiger partial charge < -0.3 is 9.73 Å². The van der Waals surface area contributed by atoms with Crippen LogP contribution in [0, 0.1) is 0 Å². The lowest BCUT2D eigenvalue weighted by Gasteiger charge is -2.14. The summed E-state index contributed by atoms with van der Waals surface area (Å²) in [6, 6.07) is 10.0. The molecule has 3 aromatic rings. The summed E-state index contributed by atoms with van der Waals surface area (Å²) in [4.78, 5) is 1.09. The van der Waals surface area contributed by atoms with Gasteiger partial charge in [0.05, 0.1) is 9.50 Å². The van der Waals surface area contributed by atoms with E-state index in [0.29, 0.717) is 0 Å². The van der Waals surface area contributed by atoms with Crippen LogP contribution >= 0.6 is 38.9 Å². The number of furan rings is 1. The smallest absolute Gasteiger partial charge is 0.148 e. The standard InChI is InChI=1S/C15H13BrClNOS/c1-2-18-13(15-11(17)6-7-20-15)12-8-9-4-3-5-10(16)14(9)19-12/h3-8,13,18H,2H2,1H3. The maximum Gasteiger partial charge on any atom is 0.148 e. The highest BCUT2D eigenvalue weighted by molar-refractivity contribution is 9.10. The maximum absolute atomic E-state index is 6.27. The monoisotopic (exact) mass is 369 g/mol. The summed E-state index contributed by atoms with van der Waals surface area (Å²) < 4.78 is 7.00. The Morgan fingerprint density at radius 2 is 2.25 bits per heavy atom. The minimum Gasteiger partial charge on any atom is -0.458 e. The number of thiophene rings is 1. The van der Waals surface area contributed by atoms with Gasteiger partial charge in [-0.3, -0.25) is 0 Å². The summed E-state index contributed by atoms with van der Waals surface area (Å²) in [6.45, 7) is 2.92. The van der Waals surface area contributed by atoms with E-state index >= 15 is 0 Å². The molecule has 0 aliphatic heterocycles. The lowest BCUT2D eigenvalue weighted by molar-refractivity contribution is 0.480. The van der Waals surface area contributed by atoms with E-state index in [2.05, 4.69) is 34.2 Å². The van der Waals surface area contributed by atoms with Crippen molar-refractivity contribution in [2.24, 2.45) is 0 Å². The number of rotatable bonds is 4. The molecule has 1 aromatic carbocycles. The average molecular weight is 371 g/mol. The third-order valence-corrected chi connectivity index (χ3v) is 5.16. The van der Waals surface area contributed by atoms with E-state index in [0.717, 1.165) is 37.6 Å². The second-order valence-electron chi connectivity index (χ2n) is 4.43. The Hall–Kier alpha value is -0.810. The van der Waals surface area contributed by atoms with Crippen LogP contribution in [0.15, 0.2) is 44.6 Å². The largest absolute Gasteiger partial charge is 0.458 e. The van der Waals surface area contributed by atoms with Crippen LogP contribution in [0.2, 0.25) is 5.02 Å². The molecule has 1 N–H and O–H groups in total. The molecule has 2 aromatic heterocycles. The molecule has 0 fully saturated rings. The molecule has 0 amide bonds. The molecule has 0 saturated heterocycles. The van der Waals surface area contributed by atoms with Gasteiger partial charge in [-0.1, -0.05) is 30.7 Å². The molecule has 1 unspecified atom stereocenters. The van der Waals surface area contributed by atoms with Crippen molar-refractivity contribution in [3.63, 3.8) is 0 Å². The number of benzene rings is 1. The van der Waals surface area contributed by atoms with Crippen LogP contribution in [0.1, 0.15) is 23.6 Å². The number of nitrogens with one attached hydrogen (secondary N) is 1. The average Bonchev–Trinajstić information content (AvgIpc) is 3.03. The highest BCUT2D eigenvalue weighted by Gasteiger charge is 2.21. The number of para-hydroxylation sites is 1. The molecular weight excluding hydrogens is 358 g/mol. The first-order chi connectivity index (χ1) is 9.70. The van der Waals surface area contributed by atoms with Gasteiger partial charge in [0.2, 0.25) is 0 Å². The van der Waals surface area contributed by atoms with Crippen molar-refractivity contribution >= 4 is 49.8 Å². The fraction of sp³-hybridized carbons (Fsp3) is 0.200. The normalized spacial score (nSPS) is 12.9. The fourth-order valence-corrected chi connectivity index (χ4v) is 3.94. The first kappa shape index (κ1) is 14.1. The third kappa shape index (κ3) is 2.53. The lowest BCUT2D eigenvalue weighted by atomic mass is 10.1. The van der Waals surface area contributed by atoms with E-state index in [9.17, 15) is 0 Å². The summed E-state index contributed by atoms with van der Waals surface area (Å²) in [6.07, 6.45) is 0. The molecule has 3 rings (SSSR count). The van der Waals surface area contributed by atoms with Gasteiger partial charge in [0, 0.05) is 10.3 Å². The van der Waals surface area contributed by atoms with Gasteiger partial charge in [-0.15, -0.1) is 11.3 Å². The van der Waals surface area contributed by atoms with Crippen molar-refractivity contribution in [1.82, 2.24) is 5.32 Å². The van der Waals surface area contributed by atoms with Crippen LogP contribution in [0.25, 0.3) is 11.0 Å². The van der Waals surface area contributed by atoms with Gasteiger partial charge in [0.15, 0.2) is 0 Å². The zero-order chi connectivity index (χ0) is 14.1. The van der Waals surface area contributed by atoms with E-state index in [1.165, 1.54) is 0 Å². The van der Waals surface area contributed by atoms with Crippen LogP contribution in [-0.4, -0.2) is 6.54 Å². The summed E-state index contributed by atoms with van der Waals surface area (Å²) in [5, 5.41) is 7.31. The van der Waals surface area contributed by atoms with E-state index in [4.69, 9.17) is 16.0 Å². The molecule has 0 saturated carbocycles. The van der Waals surface area contributed by atoms with Gasteiger partial charge in [-0.25, -0.2) is 0 Å². The van der Waals surface area contributed by atoms with Crippen LogP contribution in [0.5, 0.6) is 0 Å². The molecule has 1 atom stereocenters. The highest BCUT2D eigenvalue weighted by Crippen LogP contribution is 2.36. The van der Waals surface area contributed by atoms with Gasteiger partial charge in [0.25, 0.3) is 0 Å². The minimum absolute atomic E-state index is 0.00759. The van der Waals surface area contributed by atoms with Crippen LogP contribution < -0.4 is 5.32 Å². The lowest BCUT2D eigenvalue weighted by Crippen LogP contribution is -2.20. The molecular formula is C15H13BrClNOS. The van der Waals surface area contributed by atoms with Gasteiger partial charge in [0.1, 0.15) is 17.4 Å². The summed E-state index contributed by atoms with van der Waals surface area (Å²) in [5.41, 5.74) is 0.873. The Balaban J connectivity index is 2.10. The van der Waals surface area contributed by atoms with Crippen LogP contribution in [0.4, 0.5) is 0 Å².